The van der Waals surface area contributed by atoms with E-state index in [1.54, 1.807) is 0 Å². The highest BCUT2D eigenvalue weighted by molar-refractivity contribution is 5.46. The molecule has 0 unspecified atom stereocenters. The number of anilines is 1. The minimum absolute atomic E-state index is 0.277. The summed E-state index contributed by atoms with van der Waals surface area (Å²) in [6, 6.07) is 1.27. The Morgan fingerprint density at radius 1 is 1.12 bits per heavy atom. The van der Waals surface area contributed by atoms with Crippen LogP contribution >= 0.6 is 0 Å². The van der Waals surface area contributed by atoms with Crippen molar-refractivity contribution in [2.45, 2.75) is 13.3 Å². The van der Waals surface area contributed by atoms with E-state index in [-0.39, 0.29) is 12.2 Å². The highest BCUT2D eigenvalue weighted by atomic mass is 19.1. The predicted molar refractivity (Wildman–Crippen MR) is 55.9 cm³/mol. The smallest absolute Gasteiger partial charge is 0.152 e. The van der Waals surface area contributed by atoms with Gasteiger partial charge in [-0.2, -0.15) is 0 Å². The number of ether oxygens (including phenoxy) is 1. The maximum atomic E-state index is 13.1. The number of hydrogen-bond donors (Lipinski definition) is 1. The summed E-state index contributed by atoms with van der Waals surface area (Å²) in [6.45, 7) is 3.20. The zero-order chi connectivity index (χ0) is 12.0. The van der Waals surface area contributed by atoms with E-state index in [1.165, 1.54) is 0 Å². The molecule has 0 aliphatic rings. The first-order chi connectivity index (χ1) is 7.65. The number of rotatable bonds is 6. The largest absolute Gasteiger partial charge is 0.380 e. The van der Waals surface area contributed by atoms with Gasteiger partial charge in [0.15, 0.2) is 11.6 Å². The van der Waals surface area contributed by atoms with E-state index < -0.39 is 17.5 Å². The van der Waals surface area contributed by atoms with Crippen LogP contribution in [-0.4, -0.2) is 19.8 Å². The van der Waals surface area contributed by atoms with Gasteiger partial charge in [-0.3, -0.25) is 0 Å². The van der Waals surface area contributed by atoms with Gasteiger partial charge in [0.05, 0.1) is 6.61 Å². The molecular formula is C11H14F3NO. The third-order valence-corrected chi connectivity index (χ3v) is 1.90. The van der Waals surface area contributed by atoms with Crippen LogP contribution in [0.4, 0.5) is 18.9 Å². The van der Waals surface area contributed by atoms with Crippen LogP contribution in [-0.2, 0) is 4.74 Å². The van der Waals surface area contributed by atoms with Crippen molar-refractivity contribution >= 4 is 5.69 Å². The van der Waals surface area contributed by atoms with Gasteiger partial charge in [0.25, 0.3) is 0 Å². The minimum atomic E-state index is -0.937. The van der Waals surface area contributed by atoms with Gasteiger partial charge in [0.1, 0.15) is 11.5 Å². The van der Waals surface area contributed by atoms with Gasteiger partial charge in [0, 0.05) is 25.3 Å². The summed E-state index contributed by atoms with van der Waals surface area (Å²) < 4.78 is 43.9. The second-order valence-electron chi connectivity index (χ2n) is 3.28. The quantitative estimate of drug-likeness (QED) is 0.763. The summed E-state index contributed by atoms with van der Waals surface area (Å²) in [5.74, 6) is -2.80. The number of benzene rings is 1. The first-order valence-corrected chi connectivity index (χ1v) is 5.11. The van der Waals surface area contributed by atoms with E-state index in [4.69, 9.17) is 4.74 Å². The molecule has 0 atom stereocenters. The molecule has 0 bridgehead atoms. The van der Waals surface area contributed by atoms with Crippen LogP contribution in [0.3, 0.4) is 0 Å². The van der Waals surface area contributed by atoms with Gasteiger partial charge in [-0.15, -0.1) is 0 Å². The fourth-order valence-corrected chi connectivity index (χ4v) is 1.21. The number of nitrogens with one attached hydrogen (secondary N) is 1. The standard InChI is InChI=1S/C11H14F3NO/c1-2-4-16-5-3-15-11-9(13)6-8(12)7-10(11)14/h6-7,15H,2-5H2,1H3. The molecule has 1 aromatic rings. The first kappa shape index (κ1) is 12.8. The summed E-state index contributed by atoms with van der Waals surface area (Å²) in [4.78, 5) is 0. The van der Waals surface area contributed by atoms with Gasteiger partial charge < -0.3 is 10.1 Å². The van der Waals surface area contributed by atoms with Crippen molar-refractivity contribution in [3.8, 4) is 0 Å². The Labute approximate surface area is 92.4 Å². The Kier molecular flexibility index (Phi) is 5.11. The first-order valence-electron chi connectivity index (χ1n) is 5.11. The molecule has 16 heavy (non-hydrogen) atoms. The average Bonchev–Trinajstić information content (AvgIpc) is 2.20. The molecule has 90 valence electrons. The molecule has 1 rings (SSSR count). The van der Waals surface area contributed by atoms with E-state index in [1.807, 2.05) is 6.92 Å². The Balaban J connectivity index is 2.47. The average molecular weight is 233 g/mol. The van der Waals surface area contributed by atoms with Crippen LogP contribution in [0.5, 0.6) is 0 Å². The lowest BCUT2D eigenvalue weighted by Gasteiger charge is -2.09. The maximum Gasteiger partial charge on any atom is 0.152 e. The van der Waals surface area contributed by atoms with Gasteiger partial charge in [0.2, 0.25) is 0 Å². The Bertz CT molecular complexity index is 321. The highest BCUT2D eigenvalue weighted by Crippen LogP contribution is 2.19. The molecule has 2 nitrogen and oxygen atoms in total. The van der Waals surface area contributed by atoms with Crippen molar-refractivity contribution in [3.05, 3.63) is 29.6 Å². The molecule has 5 heteroatoms. The molecule has 1 N–H and O–H groups in total. The monoisotopic (exact) mass is 233 g/mol. The molecule has 0 radical (unpaired) electrons. The second kappa shape index (κ2) is 6.37. The Hall–Kier alpha value is -1.23. The Morgan fingerprint density at radius 3 is 2.31 bits per heavy atom. The molecule has 0 aromatic heterocycles. The zero-order valence-corrected chi connectivity index (χ0v) is 9.03. The minimum Gasteiger partial charge on any atom is -0.380 e. The molecule has 0 aliphatic carbocycles. The van der Waals surface area contributed by atoms with E-state index in [2.05, 4.69) is 5.32 Å². The molecule has 0 spiro atoms. The highest BCUT2D eigenvalue weighted by Gasteiger charge is 2.10. The van der Waals surface area contributed by atoms with Crippen molar-refractivity contribution in [2.24, 2.45) is 0 Å². The lowest BCUT2D eigenvalue weighted by atomic mass is 10.3. The van der Waals surface area contributed by atoms with Crippen LogP contribution in [0.1, 0.15) is 13.3 Å². The van der Waals surface area contributed by atoms with Crippen LogP contribution < -0.4 is 5.32 Å². The Morgan fingerprint density at radius 2 is 1.75 bits per heavy atom. The van der Waals surface area contributed by atoms with Gasteiger partial charge in [-0.25, -0.2) is 13.2 Å². The molecule has 1 aromatic carbocycles. The van der Waals surface area contributed by atoms with Crippen LogP contribution in [0.25, 0.3) is 0 Å². The van der Waals surface area contributed by atoms with Crippen molar-refractivity contribution < 1.29 is 17.9 Å². The SMILES string of the molecule is CCCOCCNc1c(F)cc(F)cc1F. The zero-order valence-electron chi connectivity index (χ0n) is 9.03. The molecular weight excluding hydrogens is 219 g/mol. The predicted octanol–water partition coefficient (Wildman–Crippen LogP) is 2.94. The summed E-state index contributed by atoms with van der Waals surface area (Å²) in [5.41, 5.74) is -0.318. The van der Waals surface area contributed by atoms with Crippen LogP contribution in [0.2, 0.25) is 0 Å². The van der Waals surface area contributed by atoms with Crippen molar-refractivity contribution in [3.63, 3.8) is 0 Å². The van der Waals surface area contributed by atoms with Gasteiger partial charge >= 0.3 is 0 Å². The second-order valence-corrected chi connectivity index (χ2v) is 3.28. The van der Waals surface area contributed by atoms with Crippen molar-refractivity contribution in [2.75, 3.05) is 25.1 Å². The van der Waals surface area contributed by atoms with Gasteiger partial charge in [-0.1, -0.05) is 6.92 Å². The van der Waals surface area contributed by atoms with E-state index in [0.29, 0.717) is 25.3 Å². The molecule has 0 heterocycles. The summed E-state index contributed by atoms with van der Waals surface area (Å²) in [7, 11) is 0. The van der Waals surface area contributed by atoms with Crippen molar-refractivity contribution in [1.82, 2.24) is 0 Å². The fraction of sp³-hybridized carbons (Fsp3) is 0.455. The van der Waals surface area contributed by atoms with Gasteiger partial charge in [-0.05, 0) is 6.42 Å². The normalized spacial score (nSPS) is 10.5. The molecule has 0 saturated heterocycles. The van der Waals surface area contributed by atoms with Crippen LogP contribution in [0, 0.1) is 17.5 Å². The third kappa shape index (κ3) is 3.73. The molecule has 0 aliphatic heterocycles. The molecule has 0 saturated carbocycles. The lowest BCUT2D eigenvalue weighted by Crippen LogP contribution is -2.12. The van der Waals surface area contributed by atoms with Crippen LogP contribution in [0.15, 0.2) is 12.1 Å². The lowest BCUT2D eigenvalue weighted by molar-refractivity contribution is 0.144. The summed E-state index contributed by atoms with van der Waals surface area (Å²) >= 11 is 0. The number of hydrogen-bond acceptors (Lipinski definition) is 2. The molecule has 0 fully saturated rings. The topological polar surface area (TPSA) is 21.3 Å². The molecule has 0 amide bonds. The van der Waals surface area contributed by atoms with E-state index in [9.17, 15) is 13.2 Å². The number of halogens is 3. The summed E-state index contributed by atoms with van der Waals surface area (Å²) in [5, 5.41) is 2.53. The maximum absolute atomic E-state index is 13.1. The van der Waals surface area contributed by atoms with E-state index >= 15 is 0 Å². The third-order valence-electron chi connectivity index (χ3n) is 1.90. The summed E-state index contributed by atoms with van der Waals surface area (Å²) in [6.07, 6.45) is 0.888. The fourth-order valence-electron chi connectivity index (χ4n) is 1.21. The van der Waals surface area contributed by atoms with E-state index in [0.717, 1.165) is 6.42 Å². The van der Waals surface area contributed by atoms with Crippen molar-refractivity contribution in [1.29, 1.82) is 0 Å².